The smallest absolute Gasteiger partial charge is 0.309 e. The Balaban J connectivity index is 1.61. The fraction of sp³-hybridized carbons (Fsp3) is 0.600. The zero-order valence-electron chi connectivity index (χ0n) is 15.2. The van der Waals surface area contributed by atoms with Crippen LogP contribution in [0.4, 0.5) is 0 Å². The van der Waals surface area contributed by atoms with Gasteiger partial charge < -0.3 is 19.5 Å². The first-order valence-electron chi connectivity index (χ1n) is 9.41. The van der Waals surface area contributed by atoms with Crippen LogP contribution < -0.4 is 0 Å². The van der Waals surface area contributed by atoms with Crippen molar-refractivity contribution in [2.75, 3.05) is 26.3 Å². The molecule has 142 valence electrons. The van der Waals surface area contributed by atoms with Crippen LogP contribution in [0.3, 0.4) is 0 Å². The van der Waals surface area contributed by atoms with Gasteiger partial charge in [0.2, 0.25) is 0 Å². The van der Waals surface area contributed by atoms with Crippen LogP contribution in [0.5, 0.6) is 0 Å². The number of amides is 1. The molecule has 6 nitrogen and oxygen atoms in total. The number of likely N-dealkylation sites (tertiary alicyclic amines) is 1. The average molecular weight is 361 g/mol. The minimum Gasteiger partial charge on any atom is -0.481 e. The molecular formula is C20H27NO5. The zero-order chi connectivity index (χ0) is 18.5. The van der Waals surface area contributed by atoms with Gasteiger partial charge in [0.05, 0.1) is 12.0 Å². The Labute approximate surface area is 154 Å². The van der Waals surface area contributed by atoms with Crippen molar-refractivity contribution in [3.63, 3.8) is 0 Å². The number of benzene rings is 1. The van der Waals surface area contributed by atoms with Gasteiger partial charge in [-0.3, -0.25) is 9.59 Å². The molecule has 0 radical (unpaired) electrons. The molecule has 0 saturated carbocycles. The lowest BCUT2D eigenvalue weighted by molar-refractivity contribution is -0.149. The second-order valence-electron chi connectivity index (χ2n) is 6.98. The van der Waals surface area contributed by atoms with Gasteiger partial charge in [-0.05, 0) is 37.7 Å². The molecule has 3 atom stereocenters. The van der Waals surface area contributed by atoms with E-state index >= 15 is 0 Å². The van der Waals surface area contributed by atoms with Crippen molar-refractivity contribution in [2.24, 2.45) is 11.8 Å². The topological polar surface area (TPSA) is 76.1 Å². The van der Waals surface area contributed by atoms with Gasteiger partial charge in [-0.2, -0.15) is 0 Å². The van der Waals surface area contributed by atoms with Gasteiger partial charge in [0, 0.05) is 26.3 Å². The molecule has 2 saturated heterocycles. The molecule has 2 aliphatic rings. The minimum atomic E-state index is -0.772. The van der Waals surface area contributed by atoms with Crippen molar-refractivity contribution in [1.29, 1.82) is 0 Å². The number of carboxylic acid groups (broad SMARTS) is 1. The normalized spacial score (nSPS) is 25.2. The Bertz CT molecular complexity index is 612. The molecule has 1 aromatic carbocycles. The molecule has 0 aromatic heterocycles. The van der Waals surface area contributed by atoms with Gasteiger partial charge >= 0.3 is 5.97 Å². The van der Waals surface area contributed by atoms with Crippen molar-refractivity contribution in [3.05, 3.63) is 35.9 Å². The molecule has 26 heavy (non-hydrogen) atoms. The summed E-state index contributed by atoms with van der Waals surface area (Å²) in [6.45, 7) is 4.11. The lowest BCUT2D eigenvalue weighted by atomic mass is 9.84. The highest BCUT2D eigenvalue weighted by molar-refractivity contribution is 5.82. The van der Waals surface area contributed by atoms with E-state index in [1.807, 2.05) is 42.2 Å². The maximum atomic E-state index is 13.0. The number of hydrogen-bond acceptors (Lipinski definition) is 4. The quantitative estimate of drug-likeness (QED) is 0.842. The number of carbonyl (C=O) groups excluding carboxylic acids is 1. The van der Waals surface area contributed by atoms with E-state index in [0.29, 0.717) is 32.7 Å². The largest absolute Gasteiger partial charge is 0.481 e. The Hall–Kier alpha value is -1.92. The summed E-state index contributed by atoms with van der Waals surface area (Å²) < 4.78 is 11.4. The highest BCUT2D eigenvalue weighted by atomic mass is 16.5. The standard InChI is InChI=1S/C20H27NO5/c1-2-25-18(14-6-4-3-5-7-14)19(22)21-11-8-15(9-12-21)17-16(20(23)24)10-13-26-17/h3-7,15-18H,2,8-13H2,1H3,(H,23,24)/t16?,17-,18?/m0/s1. The predicted octanol–water partition coefficient (Wildman–Crippen LogP) is 2.49. The summed E-state index contributed by atoms with van der Waals surface area (Å²) in [5.41, 5.74) is 0.867. The van der Waals surface area contributed by atoms with Crippen LogP contribution in [0.1, 0.15) is 37.9 Å². The number of carbonyl (C=O) groups is 2. The fourth-order valence-corrected chi connectivity index (χ4v) is 4.06. The summed E-state index contributed by atoms with van der Waals surface area (Å²) >= 11 is 0. The van der Waals surface area contributed by atoms with Gasteiger partial charge in [-0.15, -0.1) is 0 Å². The van der Waals surface area contributed by atoms with Crippen molar-refractivity contribution >= 4 is 11.9 Å². The molecule has 1 N–H and O–H groups in total. The Kier molecular flexibility index (Phi) is 6.27. The number of carboxylic acids is 1. The van der Waals surface area contributed by atoms with E-state index in [-0.39, 0.29) is 17.9 Å². The highest BCUT2D eigenvalue weighted by Gasteiger charge is 2.41. The summed E-state index contributed by atoms with van der Waals surface area (Å²) in [4.78, 5) is 26.2. The van der Waals surface area contributed by atoms with E-state index in [4.69, 9.17) is 9.47 Å². The van der Waals surface area contributed by atoms with Crippen molar-refractivity contribution in [1.82, 2.24) is 4.90 Å². The van der Waals surface area contributed by atoms with Crippen LogP contribution in [0.15, 0.2) is 30.3 Å². The SMILES string of the molecule is CCOC(C(=O)N1CCC([C@@H]2OCCC2C(=O)O)CC1)c1ccccc1. The maximum Gasteiger partial charge on any atom is 0.309 e. The number of hydrogen-bond donors (Lipinski definition) is 1. The molecule has 3 rings (SSSR count). The summed E-state index contributed by atoms with van der Waals surface area (Å²) in [5.74, 6) is -1.00. The molecule has 2 aliphatic heterocycles. The number of rotatable bonds is 6. The summed E-state index contributed by atoms with van der Waals surface area (Å²) in [6.07, 6.45) is 1.33. The second kappa shape index (κ2) is 8.64. The minimum absolute atomic E-state index is 0.0152. The second-order valence-corrected chi connectivity index (χ2v) is 6.98. The van der Waals surface area contributed by atoms with Crippen LogP contribution in [0.2, 0.25) is 0 Å². The molecule has 2 heterocycles. The van der Waals surface area contributed by atoms with E-state index in [1.165, 1.54) is 0 Å². The van der Waals surface area contributed by atoms with E-state index in [0.717, 1.165) is 18.4 Å². The Morgan fingerprint density at radius 2 is 1.92 bits per heavy atom. The van der Waals surface area contributed by atoms with E-state index in [1.54, 1.807) is 0 Å². The van der Waals surface area contributed by atoms with Gasteiger partial charge in [0.1, 0.15) is 0 Å². The summed E-state index contributed by atoms with van der Waals surface area (Å²) in [5, 5.41) is 9.35. The molecule has 0 spiro atoms. The molecular weight excluding hydrogens is 334 g/mol. The van der Waals surface area contributed by atoms with Crippen molar-refractivity contribution in [2.45, 2.75) is 38.4 Å². The monoisotopic (exact) mass is 361 g/mol. The van der Waals surface area contributed by atoms with Crippen molar-refractivity contribution < 1.29 is 24.2 Å². The van der Waals surface area contributed by atoms with Gasteiger partial charge in [-0.1, -0.05) is 30.3 Å². The van der Waals surface area contributed by atoms with Gasteiger partial charge in [0.25, 0.3) is 5.91 Å². The fourth-order valence-electron chi connectivity index (χ4n) is 4.06. The zero-order valence-corrected chi connectivity index (χ0v) is 15.2. The summed E-state index contributed by atoms with van der Waals surface area (Å²) in [7, 11) is 0. The van der Waals surface area contributed by atoms with Crippen LogP contribution in [-0.4, -0.2) is 54.3 Å². The van der Waals surface area contributed by atoms with Crippen LogP contribution >= 0.6 is 0 Å². The molecule has 1 amide bonds. The number of aliphatic carboxylic acids is 1. The van der Waals surface area contributed by atoms with E-state index in [2.05, 4.69) is 0 Å². The van der Waals surface area contributed by atoms with Crippen LogP contribution in [0, 0.1) is 11.8 Å². The molecule has 6 heteroatoms. The highest BCUT2D eigenvalue weighted by Crippen LogP contribution is 2.34. The predicted molar refractivity (Wildman–Crippen MR) is 95.6 cm³/mol. The average Bonchev–Trinajstić information content (AvgIpc) is 3.16. The molecule has 0 bridgehead atoms. The van der Waals surface area contributed by atoms with Gasteiger partial charge in [0.15, 0.2) is 6.10 Å². The lowest BCUT2D eigenvalue weighted by Crippen LogP contribution is -2.45. The first-order valence-corrected chi connectivity index (χ1v) is 9.41. The van der Waals surface area contributed by atoms with E-state index in [9.17, 15) is 14.7 Å². The maximum absolute atomic E-state index is 13.0. The first-order chi connectivity index (χ1) is 12.6. The molecule has 2 unspecified atom stereocenters. The Morgan fingerprint density at radius 3 is 2.54 bits per heavy atom. The number of nitrogens with zero attached hydrogens (tertiary/aromatic N) is 1. The summed E-state index contributed by atoms with van der Waals surface area (Å²) in [6, 6.07) is 9.56. The van der Waals surface area contributed by atoms with Crippen molar-refractivity contribution in [3.8, 4) is 0 Å². The third-order valence-corrected chi connectivity index (χ3v) is 5.43. The third kappa shape index (κ3) is 4.07. The van der Waals surface area contributed by atoms with Crippen LogP contribution in [-0.2, 0) is 19.1 Å². The third-order valence-electron chi connectivity index (χ3n) is 5.43. The first kappa shape index (κ1) is 18.9. The molecule has 2 fully saturated rings. The molecule has 1 aromatic rings. The lowest BCUT2D eigenvalue weighted by Gasteiger charge is -2.37. The molecule has 0 aliphatic carbocycles. The Morgan fingerprint density at radius 1 is 1.23 bits per heavy atom. The number of piperidine rings is 1. The number of ether oxygens (including phenoxy) is 2. The van der Waals surface area contributed by atoms with E-state index < -0.39 is 18.0 Å². The van der Waals surface area contributed by atoms with Crippen LogP contribution in [0.25, 0.3) is 0 Å². The van der Waals surface area contributed by atoms with Gasteiger partial charge in [-0.25, -0.2) is 0 Å².